The Morgan fingerprint density at radius 3 is 2.10 bits per heavy atom. The Balaban J connectivity index is 1.13. The molecule has 1 aliphatic carbocycles. The Bertz CT molecular complexity index is 3880. The van der Waals surface area contributed by atoms with E-state index in [1.54, 1.807) is 30.5 Å². The fourth-order valence-electron chi connectivity index (χ4n) is 10.2. The summed E-state index contributed by atoms with van der Waals surface area (Å²) in [5.74, 6) is 0.863. The number of nitrogens with zero attached hydrogens (tertiary/aromatic N) is 3. The van der Waals surface area contributed by atoms with E-state index in [2.05, 4.69) is 70.2 Å². The van der Waals surface area contributed by atoms with Gasteiger partial charge in [0.05, 0.1) is 22.2 Å². The van der Waals surface area contributed by atoms with Crippen molar-refractivity contribution in [2.45, 2.75) is 65.5 Å². The number of oxazole rings is 1. The van der Waals surface area contributed by atoms with Gasteiger partial charge in [-0.1, -0.05) is 132 Å². The number of ether oxygens (including phenoxy) is 1. The van der Waals surface area contributed by atoms with Crippen molar-refractivity contribution in [3.8, 4) is 78.4 Å². The van der Waals surface area contributed by atoms with Crippen LogP contribution in [0.25, 0.3) is 94.9 Å². The van der Waals surface area contributed by atoms with Gasteiger partial charge in [0.15, 0.2) is 5.58 Å². The summed E-state index contributed by atoms with van der Waals surface area (Å²) < 4.78 is 88.2. The molecule has 0 bridgehead atoms. The van der Waals surface area contributed by atoms with Crippen LogP contribution in [0.1, 0.15) is 73.4 Å². The lowest BCUT2D eigenvalue weighted by Gasteiger charge is -2.42. The van der Waals surface area contributed by atoms with Crippen molar-refractivity contribution in [1.82, 2.24) is 14.4 Å². The maximum atomic E-state index is 9.11. The number of hydrogen-bond donors (Lipinski definition) is 0. The molecule has 0 unspecified atom stereocenters. The van der Waals surface area contributed by atoms with Gasteiger partial charge in [0.25, 0.3) is 0 Å². The van der Waals surface area contributed by atoms with Crippen molar-refractivity contribution in [2.75, 3.05) is 0 Å². The van der Waals surface area contributed by atoms with Gasteiger partial charge in [0.2, 0.25) is 0 Å². The molecule has 1 aliphatic heterocycles. The third-order valence-electron chi connectivity index (χ3n) is 14.1. The third kappa shape index (κ3) is 5.23. The topological polar surface area (TPSA) is 52.6 Å². The Morgan fingerprint density at radius 1 is 0.603 bits per heavy atom. The number of aromatic nitrogens is 3. The van der Waals surface area contributed by atoms with Crippen LogP contribution in [-0.2, 0) is 17.2 Å². The standard InChI is InChI=1S/C58H47N3O2/c1-8-35-25-28-49-55(63-56-60-47-21-13-14-22-48(47)61(49)56)52(35)43-32-46-50(30-34(43)3)62-54-45(57(4,5)58(46,6)7)27-23-33(2)51(54)36-24-26-40-37-16-9-10-17-38(37)42-20-15-29-59-53(42)41-19-12-11-18-39(41)44(40)31-36/h9-32H,8H2,1-7H3/i2D3,3D3,8D2. The minimum atomic E-state index is -2.74. The Morgan fingerprint density at radius 2 is 1.30 bits per heavy atom. The Kier molecular flexibility index (Phi) is 6.35. The molecule has 5 heteroatoms. The zero-order chi connectivity index (χ0) is 49.7. The van der Waals surface area contributed by atoms with Crippen LogP contribution >= 0.6 is 0 Å². The van der Waals surface area contributed by atoms with Crippen molar-refractivity contribution in [2.24, 2.45) is 0 Å². The number of para-hydroxylation sites is 2. The molecule has 5 nitrogen and oxygen atoms in total. The molecular formula is C58H47N3O2. The first kappa shape index (κ1) is 29.9. The van der Waals surface area contributed by atoms with E-state index in [9.17, 15) is 0 Å². The first-order valence-electron chi connectivity index (χ1n) is 25.3. The number of fused-ring (bicyclic) bond motifs is 15. The van der Waals surface area contributed by atoms with Crippen LogP contribution in [0.3, 0.4) is 0 Å². The summed E-state index contributed by atoms with van der Waals surface area (Å²) in [6.45, 7) is 4.49. The quantitative estimate of drug-likeness (QED) is 0.178. The van der Waals surface area contributed by atoms with Crippen molar-refractivity contribution in [3.63, 3.8) is 0 Å². The highest BCUT2D eigenvalue weighted by atomic mass is 16.5. The first-order valence-corrected chi connectivity index (χ1v) is 21.3. The highest BCUT2D eigenvalue weighted by molar-refractivity contribution is 6.03. The van der Waals surface area contributed by atoms with Crippen LogP contribution in [0.4, 0.5) is 0 Å². The lowest BCUT2D eigenvalue weighted by atomic mass is 9.60. The fourth-order valence-corrected chi connectivity index (χ4v) is 10.2. The van der Waals surface area contributed by atoms with Crippen LogP contribution in [0.15, 0.2) is 150 Å². The second kappa shape index (κ2) is 13.4. The second-order valence-corrected chi connectivity index (χ2v) is 17.8. The monoisotopic (exact) mass is 825 g/mol. The molecular weight excluding hydrogens is 771 g/mol. The smallest absolute Gasteiger partial charge is 0.307 e. The summed E-state index contributed by atoms with van der Waals surface area (Å²) in [6, 6.07) is 44.5. The van der Waals surface area contributed by atoms with E-state index in [1.165, 1.54) is 6.92 Å². The summed E-state index contributed by atoms with van der Waals surface area (Å²) in [5.41, 5.74) is 11.6. The number of imidazole rings is 1. The number of hydrogen-bond acceptors (Lipinski definition) is 4. The van der Waals surface area contributed by atoms with E-state index in [4.69, 9.17) is 30.1 Å². The summed E-state index contributed by atoms with van der Waals surface area (Å²) in [5, 5.41) is 0. The van der Waals surface area contributed by atoms with E-state index in [-0.39, 0.29) is 28.0 Å². The average Bonchev–Trinajstić information content (AvgIpc) is 3.86. The molecule has 306 valence electrons. The third-order valence-corrected chi connectivity index (χ3v) is 14.1. The zero-order valence-corrected chi connectivity index (χ0v) is 35.5. The lowest BCUT2D eigenvalue weighted by Crippen LogP contribution is -2.39. The van der Waals surface area contributed by atoms with Crippen LogP contribution in [0.2, 0.25) is 0 Å². The van der Waals surface area contributed by atoms with Crippen LogP contribution in [0.5, 0.6) is 11.5 Å². The van der Waals surface area contributed by atoms with Crippen LogP contribution in [0, 0.1) is 13.7 Å². The Hall–Kier alpha value is -7.24. The van der Waals surface area contributed by atoms with Gasteiger partial charge < -0.3 is 9.15 Å². The molecule has 0 atom stereocenters. The van der Waals surface area contributed by atoms with Gasteiger partial charge in [-0.25, -0.2) is 0 Å². The van der Waals surface area contributed by atoms with E-state index in [0.717, 1.165) is 61.2 Å². The molecule has 0 amide bonds. The normalized spacial score (nSPS) is 16.9. The number of benzene rings is 7. The molecule has 63 heavy (non-hydrogen) atoms. The largest absolute Gasteiger partial charge is 0.456 e. The molecule has 0 spiro atoms. The predicted octanol–water partition coefficient (Wildman–Crippen LogP) is 15.5. The van der Waals surface area contributed by atoms with Gasteiger partial charge >= 0.3 is 5.84 Å². The van der Waals surface area contributed by atoms with Crippen LogP contribution in [-0.4, -0.2) is 14.4 Å². The average molecular weight is 826 g/mol. The zero-order valence-electron chi connectivity index (χ0n) is 43.5. The van der Waals surface area contributed by atoms with Gasteiger partial charge in [0, 0.05) is 61.4 Å². The highest BCUT2D eigenvalue weighted by Crippen LogP contribution is 2.58. The maximum Gasteiger partial charge on any atom is 0.307 e. The fraction of sp³-hybridized carbons (Fsp3) is 0.172. The van der Waals surface area contributed by atoms with Crippen molar-refractivity contribution < 1.29 is 20.1 Å². The minimum Gasteiger partial charge on any atom is -0.456 e. The highest BCUT2D eigenvalue weighted by Gasteiger charge is 2.46. The molecule has 7 aromatic carbocycles. The molecule has 0 saturated heterocycles. The van der Waals surface area contributed by atoms with E-state index < -0.39 is 30.9 Å². The van der Waals surface area contributed by atoms with Gasteiger partial charge in [0.1, 0.15) is 11.5 Å². The summed E-state index contributed by atoms with van der Waals surface area (Å²) in [6.07, 6.45) is -0.132. The van der Waals surface area contributed by atoms with Gasteiger partial charge in [-0.15, -0.1) is 0 Å². The molecule has 12 rings (SSSR count). The van der Waals surface area contributed by atoms with Gasteiger partial charge in [-0.3, -0.25) is 9.38 Å². The number of pyridine rings is 1. The van der Waals surface area contributed by atoms with E-state index >= 15 is 0 Å². The minimum absolute atomic E-state index is 0.0796. The van der Waals surface area contributed by atoms with E-state index in [1.807, 2.05) is 77.2 Å². The van der Waals surface area contributed by atoms with Crippen molar-refractivity contribution >= 4 is 28.0 Å². The predicted molar refractivity (Wildman–Crippen MR) is 258 cm³/mol. The molecule has 10 aromatic rings. The molecule has 3 aromatic heterocycles. The SMILES string of the molecule is [2H]C([2H])([2H])c1cc2c(cc1-c1c(C([2H])([2H])C)ccc3c1oc1nc4ccccc4n13)C(C)(C)C(C)(C)c1ccc(C([2H])([2H])[2H])c(-c3ccc4c(c3)-c3ccccc3-c3ncccc3-c3ccccc3-4)c1O2. The Labute approximate surface area is 378 Å². The molecule has 0 fully saturated rings. The summed E-state index contributed by atoms with van der Waals surface area (Å²) in [4.78, 5) is 9.66. The number of rotatable bonds is 3. The molecule has 0 radical (unpaired) electrons. The van der Waals surface area contributed by atoms with Gasteiger partial charge in [-0.2, -0.15) is 4.98 Å². The van der Waals surface area contributed by atoms with Gasteiger partial charge in [-0.05, 0) is 118 Å². The lowest BCUT2D eigenvalue weighted by molar-refractivity contribution is 0.306. The molecule has 0 N–H and O–H groups in total. The molecule has 4 heterocycles. The van der Waals surface area contributed by atoms with Crippen molar-refractivity contribution in [3.05, 3.63) is 174 Å². The van der Waals surface area contributed by atoms with E-state index in [0.29, 0.717) is 44.9 Å². The second-order valence-electron chi connectivity index (χ2n) is 17.8. The van der Waals surface area contributed by atoms with Crippen LogP contribution < -0.4 is 4.74 Å². The van der Waals surface area contributed by atoms with Crippen molar-refractivity contribution in [1.29, 1.82) is 0 Å². The number of aryl methyl sites for hydroxylation is 3. The summed E-state index contributed by atoms with van der Waals surface area (Å²) >= 11 is 0. The molecule has 0 saturated carbocycles. The summed E-state index contributed by atoms with van der Waals surface area (Å²) in [7, 11) is 0. The molecule has 2 aliphatic rings. The first-order chi connectivity index (χ1) is 33.6. The maximum absolute atomic E-state index is 9.11.